The highest BCUT2D eigenvalue weighted by atomic mass is 35.5. The van der Waals surface area contributed by atoms with E-state index in [9.17, 15) is 9.18 Å². The minimum Gasteiger partial charge on any atom is -0.374 e. The lowest BCUT2D eigenvalue weighted by atomic mass is 9.84. The maximum absolute atomic E-state index is 13.4. The summed E-state index contributed by atoms with van der Waals surface area (Å²) in [4.78, 5) is 13.3. The van der Waals surface area contributed by atoms with Crippen LogP contribution in [0.2, 0.25) is 5.02 Å². The lowest BCUT2D eigenvalue weighted by molar-refractivity contribution is 0.0957. The third kappa shape index (κ3) is 4.75. The molecule has 3 aromatic rings. The summed E-state index contributed by atoms with van der Waals surface area (Å²) >= 11 is 5.98. The topological polar surface area (TPSA) is 29.1 Å². The van der Waals surface area contributed by atoms with Gasteiger partial charge in [-0.25, -0.2) is 4.39 Å². The molecule has 0 bridgehead atoms. The van der Waals surface area contributed by atoms with Crippen molar-refractivity contribution in [2.45, 2.75) is 25.3 Å². The highest BCUT2D eigenvalue weighted by Crippen LogP contribution is 2.29. The van der Waals surface area contributed by atoms with Gasteiger partial charge in [-0.2, -0.15) is 0 Å². The number of hydrogen-bond donors (Lipinski definition) is 1. The van der Waals surface area contributed by atoms with Crippen LogP contribution < -0.4 is 5.32 Å². The van der Waals surface area contributed by atoms with Gasteiger partial charge < -0.3 is 5.32 Å². The van der Waals surface area contributed by atoms with Crippen LogP contribution in [0.3, 0.4) is 0 Å². The number of ketones is 1. The van der Waals surface area contributed by atoms with E-state index in [0.717, 1.165) is 17.7 Å². The zero-order chi connectivity index (χ0) is 19.2. The Bertz CT molecular complexity index is 879. The Morgan fingerprint density at radius 3 is 2.19 bits per heavy atom. The van der Waals surface area contributed by atoms with E-state index in [1.165, 1.54) is 12.1 Å². The number of Topliss-reactive ketones (excluding diaryl/α,β-unsaturated/α-hetero) is 1. The molecule has 3 aromatic carbocycles. The summed E-state index contributed by atoms with van der Waals surface area (Å²) in [6, 6.07) is 22.4. The molecule has 0 saturated carbocycles. The number of hydrogen-bond acceptors (Lipinski definition) is 2. The minimum absolute atomic E-state index is 0.00160. The molecule has 0 radical (unpaired) electrons. The van der Waals surface area contributed by atoms with Crippen LogP contribution in [0.15, 0.2) is 78.9 Å². The van der Waals surface area contributed by atoms with Crippen molar-refractivity contribution in [1.29, 1.82) is 0 Å². The number of carbonyl (C=O) groups excluding carboxylic acids is 1. The van der Waals surface area contributed by atoms with Crippen molar-refractivity contribution in [3.8, 4) is 0 Å². The second kappa shape index (κ2) is 8.83. The second-order valence-electron chi connectivity index (χ2n) is 6.43. The highest BCUT2D eigenvalue weighted by molar-refractivity contribution is 6.30. The van der Waals surface area contributed by atoms with Gasteiger partial charge in [0.1, 0.15) is 5.82 Å². The zero-order valence-corrected chi connectivity index (χ0v) is 15.8. The van der Waals surface area contributed by atoms with Crippen molar-refractivity contribution in [2.75, 3.05) is 5.32 Å². The summed E-state index contributed by atoms with van der Waals surface area (Å²) in [5.41, 5.74) is 2.38. The van der Waals surface area contributed by atoms with Crippen LogP contribution in [-0.4, -0.2) is 11.8 Å². The summed E-state index contributed by atoms with van der Waals surface area (Å²) in [7, 11) is 0. The third-order valence-electron chi connectivity index (χ3n) is 4.65. The molecule has 27 heavy (non-hydrogen) atoms. The molecule has 2 nitrogen and oxygen atoms in total. The average Bonchev–Trinajstić information content (AvgIpc) is 2.71. The molecule has 2 unspecified atom stereocenters. The maximum Gasteiger partial charge on any atom is 0.185 e. The second-order valence-corrected chi connectivity index (χ2v) is 6.86. The van der Waals surface area contributed by atoms with Crippen LogP contribution in [0, 0.1) is 5.82 Å². The Labute approximate surface area is 164 Å². The molecule has 3 rings (SSSR count). The van der Waals surface area contributed by atoms with Crippen LogP contribution in [0.4, 0.5) is 10.1 Å². The summed E-state index contributed by atoms with van der Waals surface area (Å²) in [5, 5.41) is 4.00. The SMILES string of the molecule is CCC(c1ccc(F)cc1)C(Nc1ccc(Cl)cc1)C(=O)c1ccccc1. The first-order valence-electron chi connectivity index (χ1n) is 8.95. The van der Waals surface area contributed by atoms with Crippen molar-refractivity contribution >= 4 is 23.1 Å². The van der Waals surface area contributed by atoms with E-state index in [1.54, 1.807) is 24.3 Å². The van der Waals surface area contributed by atoms with Crippen LogP contribution in [0.1, 0.15) is 35.2 Å². The monoisotopic (exact) mass is 381 g/mol. The molecule has 0 fully saturated rings. The summed E-state index contributed by atoms with van der Waals surface area (Å²) in [6.07, 6.45) is 0.732. The molecule has 2 atom stereocenters. The van der Waals surface area contributed by atoms with Gasteiger partial charge in [0.05, 0.1) is 6.04 Å². The first-order chi connectivity index (χ1) is 13.1. The number of nitrogens with one attached hydrogen (secondary N) is 1. The number of rotatable bonds is 7. The minimum atomic E-state index is -0.482. The van der Waals surface area contributed by atoms with Gasteiger partial charge in [0.25, 0.3) is 0 Å². The van der Waals surface area contributed by atoms with E-state index in [-0.39, 0.29) is 17.5 Å². The predicted octanol–water partition coefficient (Wildman–Crippen LogP) is 6.34. The molecular weight excluding hydrogens is 361 g/mol. The summed E-state index contributed by atoms with van der Waals surface area (Å²) in [5.74, 6) is -0.388. The molecule has 138 valence electrons. The van der Waals surface area contributed by atoms with E-state index < -0.39 is 6.04 Å². The van der Waals surface area contributed by atoms with E-state index in [1.807, 2.05) is 49.4 Å². The molecule has 0 heterocycles. The Morgan fingerprint density at radius 2 is 1.59 bits per heavy atom. The lowest BCUT2D eigenvalue weighted by Gasteiger charge is -2.28. The first-order valence-corrected chi connectivity index (χ1v) is 9.33. The molecular formula is C23H21ClFNO. The quantitative estimate of drug-likeness (QED) is 0.484. The van der Waals surface area contributed by atoms with Crippen molar-refractivity contribution in [3.05, 3.63) is 101 Å². The van der Waals surface area contributed by atoms with Crippen LogP contribution in [-0.2, 0) is 0 Å². The fourth-order valence-corrected chi connectivity index (χ4v) is 3.36. The molecule has 0 aliphatic heterocycles. The number of carbonyl (C=O) groups is 1. The van der Waals surface area contributed by atoms with Gasteiger partial charge in [-0.3, -0.25) is 4.79 Å². The molecule has 1 N–H and O–H groups in total. The third-order valence-corrected chi connectivity index (χ3v) is 4.90. The van der Waals surface area contributed by atoms with Crippen LogP contribution in [0.25, 0.3) is 0 Å². The molecule has 0 aliphatic carbocycles. The number of anilines is 1. The molecule has 0 spiro atoms. The van der Waals surface area contributed by atoms with Crippen molar-refractivity contribution in [1.82, 2.24) is 0 Å². The van der Waals surface area contributed by atoms with Crippen LogP contribution >= 0.6 is 11.6 Å². The van der Waals surface area contributed by atoms with E-state index >= 15 is 0 Å². The van der Waals surface area contributed by atoms with Crippen molar-refractivity contribution < 1.29 is 9.18 Å². The van der Waals surface area contributed by atoms with Crippen molar-refractivity contribution in [3.63, 3.8) is 0 Å². The van der Waals surface area contributed by atoms with Gasteiger partial charge in [0.15, 0.2) is 5.78 Å². The van der Waals surface area contributed by atoms with Crippen LogP contribution in [0.5, 0.6) is 0 Å². The molecule has 0 aromatic heterocycles. The summed E-state index contributed by atoms with van der Waals surface area (Å²) in [6.45, 7) is 2.03. The Balaban J connectivity index is 1.98. The lowest BCUT2D eigenvalue weighted by Crippen LogP contribution is -2.35. The fourth-order valence-electron chi connectivity index (χ4n) is 3.23. The molecule has 0 amide bonds. The Kier molecular flexibility index (Phi) is 6.25. The van der Waals surface area contributed by atoms with Gasteiger partial charge in [0.2, 0.25) is 0 Å². The van der Waals surface area contributed by atoms with E-state index in [0.29, 0.717) is 10.6 Å². The first kappa shape index (κ1) is 19.1. The van der Waals surface area contributed by atoms with E-state index in [4.69, 9.17) is 11.6 Å². The Morgan fingerprint density at radius 1 is 0.963 bits per heavy atom. The smallest absolute Gasteiger partial charge is 0.185 e. The van der Waals surface area contributed by atoms with E-state index in [2.05, 4.69) is 5.32 Å². The molecule has 0 saturated heterocycles. The average molecular weight is 382 g/mol. The van der Waals surface area contributed by atoms with Crippen molar-refractivity contribution in [2.24, 2.45) is 0 Å². The predicted molar refractivity (Wildman–Crippen MR) is 109 cm³/mol. The maximum atomic E-state index is 13.4. The zero-order valence-electron chi connectivity index (χ0n) is 15.0. The Hall–Kier alpha value is -2.65. The number of halogens is 2. The van der Waals surface area contributed by atoms with Gasteiger partial charge in [-0.15, -0.1) is 0 Å². The number of benzene rings is 3. The standard InChI is InChI=1S/C23H21ClFNO/c1-2-21(16-8-12-19(25)13-9-16)22(23(27)17-6-4-3-5-7-17)26-20-14-10-18(24)11-15-20/h3-15,21-22,26H,2H2,1H3. The van der Waals surface area contributed by atoms with Gasteiger partial charge >= 0.3 is 0 Å². The fraction of sp³-hybridized carbons (Fsp3) is 0.174. The molecule has 4 heteroatoms. The van der Waals surface area contributed by atoms with Gasteiger partial charge in [0, 0.05) is 22.2 Å². The van der Waals surface area contributed by atoms with Gasteiger partial charge in [-0.1, -0.05) is 61.0 Å². The van der Waals surface area contributed by atoms with Gasteiger partial charge in [-0.05, 0) is 48.4 Å². The summed E-state index contributed by atoms with van der Waals surface area (Å²) < 4.78 is 13.4. The normalized spacial score (nSPS) is 13.0. The largest absolute Gasteiger partial charge is 0.374 e. The highest BCUT2D eigenvalue weighted by Gasteiger charge is 2.29. The molecule has 0 aliphatic rings.